The molecular formula is C18H21NO5S. The Kier molecular flexibility index (Phi) is 4.73. The van der Waals surface area contributed by atoms with Crippen LogP contribution in [0, 0.1) is 6.92 Å². The van der Waals surface area contributed by atoms with Crippen molar-refractivity contribution >= 4 is 10.0 Å². The number of fused-ring (bicyclic) bond motifs is 1. The third-order valence-corrected chi connectivity index (χ3v) is 5.95. The molecule has 7 heteroatoms. The van der Waals surface area contributed by atoms with Crippen molar-refractivity contribution in [2.24, 2.45) is 0 Å². The maximum absolute atomic E-state index is 12.7. The third-order valence-electron chi connectivity index (χ3n) is 4.39. The highest BCUT2D eigenvalue weighted by Crippen LogP contribution is 2.36. The molecule has 0 aromatic heterocycles. The zero-order valence-corrected chi connectivity index (χ0v) is 15.0. The fourth-order valence-electron chi connectivity index (χ4n) is 2.97. The van der Waals surface area contributed by atoms with E-state index in [0.29, 0.717) is 35.7 Å². The third kappa shape index (κ3) is 3.49. The van der Waals surface area contributed by atoms with Crippen molar-refractivity contribution < 1.29 is 23.0 Å². The lowest BCUT2D eigenvalue weighted by Crippen LogP contribution is -2.43. The molecule has 1 heterocycles. The summed E-state index contributed by atoms with van der Waals surface area (Å²) in [4.78, 5) is 0.164. The van der Waals surface area contributed by atoms with Crippen LogP contribution in [0.1, 0.15) is 17.5 Å². The Hall–Kier alpha value is -2.09. The molecule has 0 bridgehead atoms. The SMILES string of the molecule is COc1ccc(S(=O)(=O)NCC2(O)CCOc3ccccc32)c(C)c1. The van der Waals surface area contributed by atoms with Crippen LogP contribution in [0.25, 0.3) is 0 Å². The number of aryl methyl sites for hydroxylation is 1. The topological polar surface area (TPSA) is 84.9 Å². The lowest BCUT2D eigenvalue weighted by atomic mass is 9.88. The normalized spacial score (nSPS) is 19.8. The van der Waals surface area contributed by atoms with Gasteiger partial charge >= 0.3 is 0 Å². The highest BCUT2D eigenvalue weighted by atomic mass is 32.2. The molecule has 1 aliphatic rings. The molecule has 2 N–H and O–H groups in total. The van der Waals surface area contributed by atoms with Gasteiger partial charge in [-0.25, -0.2) is 13.1 Å². The molecule has 0 saturated heterocycles. The lowest BCUT2D eigenvalue weighted by Gasteiger charge is -2.34. The van der Waals surface area contributed by atoms with E-state index in [0.717, 1.165) is 0 Å². The zero-order chi connectivity index (χ0) is 18.1. The molecule has 2 aromatic rings. The first-order valence-electron chi connectivity index (χ1n) is 7.95. The quantitative estimate of drug-likeness (QED) is 0.848. The van der Waals surface area contributed by atoms with E-state index in [2.05, 4.69) is 4.72 Å². The van der Waals surface area contributed by atoms with E-state index in [1.807, 2.05) is 6.07 Å². The number of hydrogen-bond donors (Lipinski definition) is 2. The molecule has 1 unspecified atom stereocenters. The van der Waals surface area contributed by atoms with Gasteiger partial charge in [0.1, 0.15) is 17.1 Å². The largest absolute Gasteiger partial charge is 0.497 e. The maximum Gasteiger partial charge on any atom is 0.240 e. The molecule has 3 rings (SSSR count). The summed E-state index contributed by atoms with van der Waals surface area (Å²) in [6.45, 7) is 1.91. The average molecular weight is 363 g/mol. The predicted molar refractivity (Wildman–Crippen MR) is 93.4 cm³/mol. The van der Waals surface area contributed by atoms with Gasteiger partial charge in [-0.15, -0.1) is 0 Å². The standard InChI is InChI=1S/C18H21NO5S/c1-13-11-14(23-2)7-8-17(13)25(21,22)19-12-18(20)9-10-24-16-6-4-3-5-15(16)18/h3-8,11,19-20H,9-10,12H2,1-2H3. The zero-order valence-electron chi connectivity index (χ0n) is 14.2. The Labute approximate surface area is 147 Å². The molecule has 1 atom stereocenters. The number of ether oxygens (including phenoxy) is 2. The number of rotatable bonds is 5. The highest BCUT2D eigenvalue weighted by Gasteiger charge is 2.36. The first kappa shape index (κ1) is 17.7. The van der Waals surface area contributed by atoms with Crippen LogP contribution in [-0.4, -0.2) is 33.8 Å². The Bertz CT molecular complexity index is 881. The van der Waals surface area contributed by atoms with Crippen LogP contribution < -0.4 is 14.2 Å². The van der Waals surface area contributed by atoms with Gasteiger partial charge in [0.15, 0.2) is 0 Å². The van der Waals surface area contributed by atoms with Gasteiger partial charge in [0.05, 0.1) is 18.6 Å². The van der Waals surface area contributed by atoms with E-state index < -0.39 is 15.6 Å². The average Bonchev–Trinajstić information content (AvgIpc) is 2.60. The van der Waals surface area contributed by atoms with Crippen LogP contribution in [0.2, 0.25) is 0 Å². The van der Waals surface area contributed by atoms with Gasteiger partial charge in [0.25, 0.3) is 0 Å². The molecule has 134 valence electrons. The molecule has 0 aliphatic carbocycles. The molecule has 1 aliphatic heterocycles. The molecule has 0 amide bonds. The van der Waals surface area contributed by atoms with Crippen LogP contribution in [0.3, 0.4) is 0 Å². The summed E-state index contributed by atoms with van der Waals surface area (Å²) in [5.41, 5.74) is -0.135. The van der Waals surface area contributed by atoms with Gasteiger partial charge in [-0.05, 0) is 36.8 Å². The van der Waals surface area contributed by atoms with E-state index in [-0.39, 0.29) is 11.4 Å². The van der Waals surface area contributed by atoms with Crippen LogP contribution in [0.15, 0.2) is 47.4 Å². The van der Waals surface area contributed by atoms with Crippen molar-refractivity contribution in [3.05, 3.63) is 53.6 Å². The van der Waals surface area contributed by atoms with Crippen molar-refractivity contribution in [3.8, 4) is 11.5 Å². The molecule has 25 heavy (non-hydrogen) atoms. The number of aliphatic hydroxyl groups is 1. The van der Waals surface area contributed by atoms with E-state index >= 15 is 0 Å². The minimum absolute atomic E-state index is 0.124. The monoisotopic (exact) mass is 363 g/mol. The number of nitrogens with one attached hydrogen (secondary N) is 1. The molecule has 0 radical (unpaired) electrons. The van der Waals surface area contributed by atoms with Crippen LogP contribution in [0.5, 0.6) is 11.5 Å². The van der Waals surface area contributed by atoms with Crippen molar-refractivity contribution in [1.29, 1.82) is 0 Å². The summed E-state index contributed by atoms with van der Waals surface area (Å²) in [5, 5.41) is 11.0. The maximum atomic E-state index is 12.7. The summed E-state index contributed by atoms with van der Waals surface area (Å²) in [7, 11) is -2.24. The van der Waals surface area contributed by atoms with Gasteiger partial charge in [0, 0.05) is 18.5 Å². The van der Waals surface area contributed by atoms with Crippen molar-refractivity contribution in [3.63, 3.8) is 0 Å². The van der Waals surface area contributed by atoms with Gasteiger partial charge in [-0.1, -0.05) is 18.2 Å². The van der Waals surface area contributed by atoms with Crippen molar-refractivity contribution in [1.82, 2.24) is 4.72 Å². The summed E-state index contributed by atoms with van der Waals surface area (Å²) < 4.78 is 38.5. The summed E-state index contributed by atoms with van der Waals surface area (Å²) in [6.07, 6.45) is 0.314. The molecule has 0 fully saturated rings. The van der Waals surface area contributed by atoms with Gasteiger partial charge < -0.3 is 14.6 Å². The summed E-state index contributed by atoms with van der Waals surface area (Å²) in [6, 6.07) is 11.9. The Morgan fingerprint density at radius 3 is 2.76 bits per heavy atom. The molecular weight excluding hydrogens is 342 g/mol. The van der Waals surface area contributed by atoms with Crippen LogP contribution >= 0.6 is 0 Å². The summed E-state index contributed by atoms with van der Waals surface area (Å²) >= 11 is 0. The number of benzene rings is 2. The molecule has 2 aromatic carbocycles. The van der Waals surface area contributed by atoms with Crippen molar-refractivity contribution in [2.45, 2.75) is 23.8 Å². The molecule has 0 spiro atoms. The first-order valence-corrected chi connectivity index (χ1v) is 9.43. The Balaban J connectivity index is 1.84. The number of methoxy groups -OCH3 is 1. The van der Waals surface area contributed by atoms with Gasteiger partial charge in [-0.2, -0.15) is 0 Å². The lowest BCUT2D eigenvalue weighted by molar-refractivity contribution is 0.00219. The second-order valence-electron chi connectivity index (χ2n) is 6.08. The number of para-hydroxylation sites is 1. The van der Waals surface area contributed by atoms with E-state index in [4.69, 9.17) is 9.47 Å². The van der Waals surface area contributed by atoms with Gasteiger partial charge in [0.2, 0.25) is 10.0 Å². The molecule has 0 saturated carbocycles. The first-order chi connectivity index (χ1) is 11.9. The fourth-order valence-corrected chi connectivity index (χ4v) is 4.28. The Morgan fingerprint density at radius 2 is 2.04 bits per heavy atom. The predicted octanol–water partition coefficient (Wildman–Crippen LogP) is 1.95. The fraction of sp³-hybridized carbons (Fsp3) is 0.333. The van der Waals surface area contributed by atoms with E-state index in [1.54, 1.807) is 37.3 Å². The van der Waals surface area contributed by atoms with E-state index in [9.17, 15) is 13.5 Å². The minimum Gasteiger partial charge on any atom is -0.497 e. The van der Waals surface area contributed by atoms with Gasteiger partial charge in [-0.3, -0.25) is 0 Å². The minimum atomic E-state index is -3.76. The second-order valence-corrected chi connectivity index (χ2v) is 7.82. The highest BCUT2D eigenvalue weighted by molar-refractivity contribution is 7.89. The number of sulfonamides is 1. The summed E-state index contributed by atoms with van der Waals surface area (Å²) in [5.74, 6) is 1.17. The smallest absolute Gasteiger partial charge is 0.240 e. The van der Waals surface area contributed by atoms with Crippen molar-refractivity contribution in [2.75, 3.05) is 20.3 Å². The van der Waals surface area contributed by atoms with Crippen LogP contribution in [-0.2, 0) is 15.6 Å². The Morgan fingerprint density at radius 1 is 1.28 bits per heavy atom. The van der Waals surface area contributed by atoms with E-state index in [1.165, 1.54) is 13.2 Å². The van der Waals surface area contributed by atoms with Crippen LogP contribution in [0.4, 0.5) is 0 Å². The molecule has 6 nitrogen and oxygen atoms in total. The number of hydrogen-bond acceptors (Lipinski definition) is 5. The second kappa shape index (κ2) is 6.67.